The van der Waals surface area contributed by atoms with Crippen molar-refractivity contribution in [2.45, 2.75) is 18.1 Å². The summed E-state index contributed by atoms with van der Waals surface area (Å²) in [6.45, 7) is 5.52. The number of hydrogen-bond acceptors (Lipinski definition) is 4. The second-order valence-electron chi connectivity index (χ2n) is 4.81. The van der Waals surface area contributed by atoms with Crippen LogP contribution in [0.4, 0.5) is 0 Å². The lowest BCUT2D eigenvalue weighted by Gasteiger charge is -2.16. The van der Waals surface area contributed by atoms with Crippen LogP contribution in [0.5, 0.6) is 0 Å². The van der Waals surface area contributed by atoms with Crippen molar-refractivity contribution >= 4 is 27.3 Å². The molecule has 0 saturated carbocycles. The minimum Gasteiger partial charge on any atom is -0.370 e. The van der Waals surface area contributed by atoms with Crippen LogP contribution in [-0.4, -0.2) is 45.4 Å². The molecule has 0 atom stereocenters. The minimum atomic E-state index is -3.39. The number of aliphatic imine (C=N–C) groups is 1. The van der Waals surface area contributed by atoms with E-state index in [0.29, 0.717) is 35.7 Å². The molecule has 1 aromatic rings. The summed E-state index contributed by atoms with van der Waals surface area (Å²) in [4.78, 5) is 4.15. The maximum atomic E-state index is 12.1. The van der Waals surface area contributed by atoms with Crippen LogP contribution in [-0.2, 0) is 10.0 Å². The largest absolute Gasteiger partial charge is 0.370 e. The number of hydrogen-bond donors (Lipinski definition) is 2. The highest BCUT2D eigenvalue weighted by Gasteiger charge is 2.20. The Morgan fingerprint density at radius 1 is 1.55 bits per heavy atom. The Kier molecular flexibility index (Phi) is 6.44. The normalized spacial score (nSPS) is 13.2. The lowest BCUT2D eigenvalue weighted by Crippen LogP contribution is -2.39. The smallest absolute Gasteiger partial charge is 0.252 e. The maximum absolute atomic E-state index is 12.1. The average Bonchev–Trinajstić information content (AvgIpc) is 2.90. The summed E-state index contributed by atoms with van der Waals surface area (Å²) in [6, 6.07) is 3.32. The van der Waals surface area contributed by atoms with E-state index in [0.717, 1.165) is 0 Å². The first kappa shape index (κ1) is 16.9. The number of likely N-dealkylation sites (N-methyl/N-ethyl adjacent to an activating group) is 1. The fraction of sp³-hybridized carbons (Fsp3) is 0.583. The molecule has 0 unspecified atom stereocenters. The van der Waals surface area contributed by atoms with Gasteiger partial charge in [-0.05, 0) is 17.4 Å². The molecule has 0 spiro atoms. The first-order valence-electron chi connectivity index (χ1n) is 6.37. The highest BCUT2D eigenvalue weighted by molar-refractivity contribution is 7.91. The summed E-state index contributed by atoms with van der Waals surface area (Å²) in [5.41, 5.74) is 5.68. The Morgan fingerprint density at radius 3 is 2.80 bits per heavy atom. The van der Waals surface area contributed by atoms with Gasteiger partial charge in [-0.25, -0.2) is 8.42 Å². The van der Waals surface area contributed by atoms with Crippen molar-refractivity contribution < 1.29 is 8.42 Å². The SMILES string of the molecule is CC(C)CN=C(N)NCCN(C)S(=O)(=O)c1cccs1. The second kappa shape index (κ2) is 7.61. The van der Waals surface area contributed by atoms with Crippen LogP contribution in [0.3, 0.4) is 0 Å². The van der Waals surface area contributed by atoms with Crippen LogP contribution >= 0.6 is 11.3 Å². The quantitative estimate of drug-likeness (QED) is 0.578. The van der Waals surface area contributed by atoms with E-state index >= 15 is 0 Å². The fourth-order valence-corrected chi connectivity index (χ4v) is 3.73. The lowest BCUT2D eigenvalue weighted by atomic mass is 10.2. The van der Waals surface area contributed by atoms with Crippen molar-refractivity contribution in [3.05, 3.63) is 17.5 Å². The van der Waals surface area contributed by atoms with Crippen molar-refractivity contribution in [3.63, 3.8) is 0 Å². The number of sulfonamides is 1. The number of nitrogens with two attached hydrogens (primary N) is 1. The third-order valence-electron chi connectivity index (χ3n) is 2.52. The summed E-state index contributed by atoms with van der Waals surface area (Å²) in [7, 11) is -1.83. The average molecular weight is 318 g/mol. The van der Waals surface area contributed by atoms with Gasteiger partial charge in [-0.3, -0.25) is 4.99 Å². The first-order valence-corrected chi connectivity index (χ1v) is 8.69. The molecular formula is C12H22N4O2S2. The zero-order valence-electron chi connectivity index (χ0n) is 12.0. The van der Waals surface area contributed by atoms with Crippen molar-refractivity contribution in [1.82, 2.24) is 9.62 Å². The molecule has 0 aliphatic carbocycles. The molecule has 0 aliphatic rings. The van der Waals surface area contributed by atoms with Gasteiger partial charge in [-0.1, -0.05) is 19.9 Å². The molecular weight excluding hydrogens is 296 g/mol. The highest BCUT2D eigenvalue weighted by atomic mass is 32.2. The lowest BCUT2D eigenvalue weighted by molar-refractivity contribution is 0.472. The molecule has 6 nitrogen and oxygen atoms in total. The van der Waals surface area contributed by atoms with E-state index in [9.17, 15) is 8.42 Å². The molecule has 0 saturated heterocycles. The molecule has 1 rings (SSSR count). The van der Waals surface area contributed by atoms with Crippen LogP contribution in [0.25, 0.3) is 0 Å². The Bertz CT molecular complexity index is 524. The number of rotatable bonds is 7. The van der Waals surface area contributed by atoms with Gasteiger partial charge >= 0.3 is 0 Å². The van der Waals surface area contributed by atoms with E-state index < -0.39 is 10.0 Å². The van der Waals surface area contributed by atoms with Gasteiger partial charge in [-0.15, -0.1) is 11.3 Å². The van der Waals surface area contributed by atoms with Crippen LogP contribution in [0.2, 0.25) is 0 Å². The Labute approximate surface area is 124 Å². The third-order valence-corrected chi connectivity index (χ3v) is 5.75. The molecule has 8 heteroatoms. The van der Waals surface area contributed by atoms with Crippen molar-refractivity contribution in [2.75, 3.05) is 26.7 Å². The minimum absolute atomic E-state index is 0.331. The molecule has 0 aliphatic heterocycles. The molecule has 1 heterocycles. The van der Waals surface area contributed by atoms with E-state index in [2.05, 4.69) is 24.2 Å². The molecule has 0 radical (unpaired) electrons. The highest BCUT2D eigenvalue weighted by Crippen LogP contribution is 2.19. The van der Waals surface area contributed by atoms with Gasteiger partial charge in [0.2, 0.25) is 0 Å². The molecule has 1 aromatic heterocycles. The summed E-state index contributed by atoms with van der Waals surface area (Å²) in [6.07, 6.45) is 0. The van der Waals surface area contributed by atoms with Gasteiger partial charge in [0.1, 0.15) is 4.21 Å². The van der Waals surface area contributed by atoms with Crippen molar-refractivity contribution in [1.29, 1.82) is 0 Å². The molecule has 3 N–H and O–H groups in total. The van der Waals surface area contributed by atoms with Gasteiger partial charge in [0.15, 0.2) is 5.96 Å². The van der Waals surface area contributed by atoms with Crippen molar-refractivity contribution in [3.8, 4) is 0 Å². The van der Waals surface area contributed by atoms with Gasteiger partial charge in [0.05, 0.1) is 0 Å². The van der Waals surface area contributed by atoms with Gasteiger partial charge < -0.3 is 11.1 Å². The third kappa shape index (κ3) is 5.10. The Balaban J connectivity index is 2.44. The second-order valence-corrected chi connectivity index (χ2v) is 8.02. The van der Waals surface area contributed by atoms with E-state index in [4.69, 9.17) is 5.73 Å². The molecule has 0 aromatic carbocycles. The predicted octanol–water partition coefficient (Wildman–Crippen LogP) is 0.929. The van der Waals surface area contributed by atoms with Crippen LogP contribution in [0.15, 0.2) is 26.7 Å². The van der Waals surface area contributed by atoms with E-state index in [1.807, 2.05) is 0 Å². The number of nitrogens with zero attached hydrogens (tertiary/aromatic N) is 2. The maximum Gasteiger partial charge on any atom is 0.252 e. The predicted molar refractivity (Wildman–Crippen MR) is 83.5 cm³/mol. The van der Waals surface area contributed by atoms with E-state index in [1.54, 1.807) is 24.6 Å². The summed E-state index contributed by atoms with van der Waals surface area (Å²) < 4.78 is 25.9. The zero-order chi connectivity index (χ0) is 15.2. The summed E-state index contributed by atoms with van der Waals surface area (Å²) in [5, 5.41) is 4.66. The van der Waals surface area contributed by atoms with Crippen molar-refractivity contribution in [2.24, 2.45) is 16.6 Å². The molecule has 0 fully saturated rings. The fourth-order valence-electron chi connectivity index (χ4n) is 1.36. The number of thiophene rings is 1. The van der Waals surface area contributed by atoms with E-state index in [-0.39, 0.29) is 0 Å². The van der Waals surface area contributed by atoms with Gasteiger partial charge in [-0.2, -0.15) is 4.31 Å². The topological polar surface area (TPSA) is 87.8 Å². The summed E-state index contributed by atoms with van der Waals surface area (Å²) >= 11 is 1.21. The number of guanidine groups is 1. The molecule has 0 bridgehead atoms. The first-order chi connectivity index (χ1) is 9.34. The summed E-state index contributed by atoms with van der Waals surface area (Å²) in [5.74, 6) is 0.790. The standard InChI is InChI=1S/C12H22N4O2S2/c1-10(2)9-15-12(13)14-6-7-16(3)20(17,18)11-5-4-8-19-11/h4-5,8,10H,6-7,9H2,1-3H3,(H3,13,14,15). The van der Waals surface area contributed by atoms with Crippen LogP contribution < -0.4 is 11.1 Å². The van der Waals surface area contributed by atoms with Gasteiger partial charge in [0.25, 0.3) is 10.0 Å². The zero-order valence-corrected chi connectivity index (χ0v) is 13.7. The molecule has 0 amide bonds. The molecule has 20 heavy (non-hydrogen) atoms. The van der Waals surface area contributed by atoms with E-state index in [1.165, 1.54) is 15.6 Å². The Hall–Kier alpha value is -1.12. The Morgan fingerprint density at radius 2 is 2.25 bits per heavy atom. The molecule has 114 valence electrons. The van der Waals surface area contributed by atoms with Crippen LogP contribution in [0, 0.1) is 5.92 Å². The van der Waals surface area contributed by atoms with Gasteiger partial charge in [0, 0.05) is 26.7 Å². The van der Waals surface area contributed by atoms with Crippen LogP contribution in [0.1, 0.15) is 13.8 Å². The number of nitrogens with one attached hydrogen (secondary N) is 1. The monoisotopic (exact) mass is 318 g/mol.